The highest BCUT2D eigenvalue weighted by atomic mass is 32.1. The largest absolute Gasteiger partial charge is 0.372 e. The molecule has 134 valence electrons. The van der Waals surface area contributed by atoms with Crippen LogP contribution in [0.4, 0.5) is 5.82 Å². The highest BCUT2D eigenvalue weighted by Crippen LogP contribution is 2.18. The van der Waals surface area contributed by atoms with Gasteiger partial charge < -0.3 is 15.0 Å². The molecule has 1 aliphatic heterocycles. The molecule has 0 bridgehead atoms. The highest BCUT2D eigenvalue weighted by Gasteiger charge is 2.23. The van der Waals surface area contributed by atoms with Gasteiger partial charge in [-0.05, 0) is 43.4 Å². The lowest BCUT2D eigenvalue weighted by Gasteiger charge is -2.36. The van der Waals surface area contributed by atoms with Crippen molar-refractivity contribution in [2.24, 2.45) is 0 Å². The number of carbonyl (C=O) groups is 1. The first kappa shape index (κ1) is 17.8. The van der Waals surface area contributed by atoms with Gasteiger partial charge in [0.05, 0.1) is 17.9 Å². The van der Waals surface area contributed by atoms with E-state index >= 15 is 0 Å². The Labute approximate surface area is 151 Å². The predicted octanol–water partition coefficient (Wildman–Crippen LogP) is 2.04. The van der Waals surface area contributed by atoms with Gasteiger partial charge in [-0.15, -0.1) is 5.10 Å². The summed E-state index contributed by atoms with van der Waals surface area (Å²) in [6.45, 7) is 8.22. The zero-order valence-electron chi connectivity index (χ0n) is 14.7. The molecule has 3 rings (SSSR count). The zero-order chi connectivity index (χ0) is 17.8. The van der Waals surface area contributed by atoms with Crippen LogP contribution in [-0.2, 0) is 17.7 Å². The second-order valence-corrected chi connectivity index (χ2v) is 7.03. The third kappa shape index (κ3) is 4.32. The number of ether oxygens (including phenoxy) is 1. The maximum absolute atomic E-state index is 12.2. The van der Waals surface area contributed by atoms with Gasteiger partial charge in [0.15, 0.2) is 0 Å². The third-order valence-electron chi connectivity index (χ3n) is 4.10. The van der Waals surface area contributed by atoms with Gasteiger partial charge in [-0.1, -0.05) is 17.5 Å². The van der Waals surface area contributed by atoms with Crippen molar-refractivity contribution in [2.75, 3.05) is 18.0 Å². The summed E-state index contributed by atoms with van der Waals surface area (Å²) in [5.41, 5.74) is 1.70. The number of morpholine rings is 1. The Morgan fingerprint density at radius 1 is 1.36 bits per heavy atom. The fraction of sp³-hybridized carbons (Fsp3) is 0.529. The number of pyridine rings is 1. The van der Waals surface area contributed by atoms with Gasteiger partial charge in [0.25, 0.3) is 5.91 Å². The van der Waals surface area contributed by atoms with Crippen LogP contribution < -0.4 is 10.2 Å². The van der Waals surface area contributed by atoms with Gasteiger partial charge in [-0.2, -0.15) is 0 Å². The molecular weight excluding hydrogens is 338 g/mol. The fourth-order valence-corrected chi connectivity index (χ4v) is 3.61. The first-order valence-electron chi connectivity index (χ1n) is 8.51. The monoisotopic (exact) mass is 361 g/mol. The fourth-order valence-electron chi connectivity index (χ4n) is 2.95. The molecule has 1 aliphatic rings. The number of nitrogens with zero attached hydrogens (tertiary/aromatic N) is 4. The Balaban J connectivity index is 1.58. The molecule has 3 heterocycles. The summed E-state index contributed by atoms with van der Waals surface area (Å²) < 4.78 is 9.60. The SMILES string of the molecule is CCc1nnsc1C(=O)NCc1ccc(N2C[C@@H](C)O[C@@H](C)C2)nc1. The highest BCUT2D eigenvalue weighted by molar-refractivity contribution is 7.08. The molecule has 2 aromatic heterocycles. The summed E-state index contributed by atoms with van der Waals surface area (Å²) in [5, 5.41) is 6.87. The minimum absolute atomic E-state index is 0.133. The third-order valence-corrected chi connectivity index (χ3v) is 4.87. The van der Waals surface area contributed by atoms with Crippen molar-refractivity contribution < 1.29 is 9.53 Å². The molecule has 1 N–H and O–H groups in total. The Morgan fingerprint density at radius 2 is 2.12 bits per heavy atom. The number of aromatic nitrogens is 3. The van der Waals surface area contributed by atoms with E-state index in [9.17, 15) is 4.79 Å². The second-order valence-electron chi connectivity index (χ2n) is 6.27. The van der Waals surface area contributed by atoms with E-state index in [0.29, 0.717) is 17.8 Å². The summed E-state index contributed by atoms with van der Waals surface area (Å²) in [6, 6.07) is 4.00. The van der Waals surface area contributed by atoms with E-state index in [2.05, 4.69) is 38.6 Å². The van der Waals surface area contributed by atoms with Crippen molar-refractivity contribution in [2.45, 2.75) is 45.9 Å². The molecule has 7 nitrogen and oxygen atoms in total. The number of nitrogens with one attached hydrogen (secondary N) is 1. The second kappa shape index (κ2) is 7.88. The molecule has 1 fully saturated rings. The average Bonchev–Trinajstić information content (AvgIpc) is 3.08. The Kier molecular flexibility index (Phi) is 5.60. The van der Waals surface area contributed by atoms with Crippen molar-refractivity contribution in [3.63, 3.8) is 0 Å². The maximum Gasteiger partial charge on any atom is 0.265 e. The summed E-state index contributed by atoms with van der Waals surface area (Å²) in [4.78, 5) is 19.6. The van der Waals surface area contributed by atoms with Gasteiger partial charge in [-0.3, -0.25) is 4.79 Å². The number of amides is 1. The first-order chi connectivity index (χ1) is 12.1. The normalized spacial score (nSPS) is 20.5. The van der Waals surface area contributed by atoms with Crippen LogP contribution in [0.3, 0.4) is 0 Å². The Bertz CT molecular complexity index is 708. The van der Waals surface area contributed by atoms with Gasteiger partial charge in [0.2, 0.25) is 0 Å². The lowest BCUT2D eigenvalue weighted by molar-refractivity contribution is -0.00546. The molecule has 0 aliphatic carbocycles. The summed E-state index contributed by atoms with van der Waals surface area (Å²) in [6.07, 6.45) is 2.91. The van der Waals surface area contributed by atoms with Crippen molar-refractivity contribution in [3.8, 4) is 0 Å². The van der Waals surface area contributed by atoms with Crippen LogP contribution in [0, 0.1) is 0 Å². The van der Waals surface area contributed by atoms with Gasteiger partial charge in [-0.25, -0.2) is 4.98 Å². The molecule has 2 atom stereocenters. The Morgan fingerprint density at radius 3 is 2.76 bits per heavy atom. The van der Waals surface area contributed by atoms with Gasteiger partial charge in [0, 0.05) is 25.8 Å². The van der Waals surface area contributed by atoms with Gasteiger partial charge >= 0.3 is 0 Å². The van der Waals surface area contributed by atoms with Crippen LogP contribution in [0.25, 0.3) is 0 Å². The number of hydrogen-bond donors (Lipinski definition) is 1. The molecule has 0 aromatic carbocycles. The lowest BCUT2D eigenvalue weighted by Crippen LogP contribution is -2.45. The standard InChI is InChI=1S/C17H23N5O2S/c1-4-14-16(25-21-20-14)17(23)19-8-13-5-6-15(18-7-13)22-9-11(2)24-12(3)10-22/h5-7,11-12H,4,8-10H2,1-3H3,(H,19,23)/t11-,12+. The number of aryl methyl sites for hydroxylation is 1. The molecule has 0 saturated carbocycles. The number of rotatable bonds is 5. The van der Waals surface area contributed by atoms with E-state index in [1.807, 2.05) is 25.3 Å². The van der Waals surface area contributed by atoms with E-state index in [-0.39, 0.29) is 18.1 Å². The maximum atomic E-state index is 12.2. The topological polar surface area (TPSA) is 80.2 Å². The van der Waals surface area contributed by atoms with E-state index in [1.165, 1.54) is 0 Å². The van der Waals surface area contributed by atoms with E-state index in [0.717, 1.165) is 41.7 Å². The van der Waals surface area contributed by atoms with E-state index in [1.54, 1.807) is 0 Å². The van der Waals surface area contributed by atoms with Crippen LogP contribution in [0.2, 0.25) is 0 Å². The summed E-state index contributed by atoms with van der Waals surface area (Å²) in [7, 11) is 0. The predicted molar refractivity (Wildman–Crippen MR) is 96.9 cm³/mol. The molecule has 0 unspecified atom stereocenters. The average molecular weight is 361 g/mol. The van der Waals surface area contributed by atoms with Crippen LogP contribution in [0.15, 0.2) is 18.3 Å². The lowest BCUT2D eigenvalue weighted by atomic mass is 10.2. The molecule has 0 spiro atoms. The van der Waals surface area contributed by atoms with Crippen LogP contribution in [0.1, 0.15) is 41.7 Å². The smallest absolute Gasteiger partial charge is 0.265 e. The minimum atomic E-state index is -0.133. The van der Waals surface area contributed by atoms with Crippen LogP contribution in [0.5, 0.6) is 0 Å². The van der Waals surface area contributed by atoms with Crippen molar-refractivity contribution in [1.29, 1.82) is 0 Å². The first-order valence-corrected chi connectivity index (χ1v) is 9.29. The molecule has 1 amide bonds. The number of hydrogen-bond acceptors (Lipinski definition) is 7. The van der Waals surface area contributed by atoms with Crippen molar-refractivity contribution >= 4 is 23.3 Å². The van der Waals surface area contributed by atoms with Crippen molar-refractivity contribution in [1.82, 2.24) is 19.9 Å². The molecule has 25 heavy (non-hydrogen) atoms. The quantitative estimate of drug-likeness (QED) is 0.878. The van der Waals surface area contributed by atoms with Gasteiger partial charge in [0.1, 0.15) is 10.7 Å². The number of carbonyl (C=O) groups excluding carboxylic acids is 1. The molecular formula is C17H23N5O2S. The molecule has 0 radical (unpaired) electrons. The summed E-state index contributed by atoms with van der Waals surface area (Å²) in [5.74, 6) is 0.809. The Hall–Kier alpha value is -2.06. The van der Waals surface area contributed by atoms with Crippen LogP contribution in [-0.4, -0.2) is 45.8 Å². The van der Waals surface area contributed by atoms with E-state index in [4.69, 9.17) is 4.74 Å². The number of anilines is 1. The van der Waals surface area contributed by atoms with Crippen molar-refractivity contribution in [3.05, 3.63) is 34.5 Å². The molecule has 8 heteroatoms. The minimum Gasteiger partial charge on any atom is -0.372 e. The summed E-state index contributed by atoms with van der Waals surface area (Å²) >= 11 is 1.13. The van der Waals surface area contributed by atoms with Crippen LogP contribution >= 0.6 is 11.5 Å². The molecule has 2 aromatic rings. The zero-order valence-corrected chi connectivity index (χ0v) is 15.5. The molecule has 1 saturated heterocycles. The van der Waals surface area contributed by atoms with E-state index < -0.39 is 0 Å².